The molecular formula is C15H12BrCl2F2N. The van der Waals surface area contributed by atoms with Crippen LogP contribution in [0.3, 0.4) is 0 Å². The van der Waals surface area contributed by atoms with Gasteiger partial charge in [0.25, 0.3) is 0 Å². The van der Waals surface area contributed by atoms with Crippen molar-refractivity contribution in [3.63, 3.8) is 0 Å². The third kappa shape index (κ3) is 3.75. The number of hydrogen-bond acceptors (Lipinski definition) is 1. The van der Waals surface area contributed by atoms with Crippen molar-refractivity contribution in [1.29, 1.82) is 0 Å². The lowest BCUT2D eigenvalue weighted by Crippen LogP contribution is -2.21. The van der Waals surface area contributed by atoms with Crippen LogP contribution in [0.2, 0.25) is 10.0 Å². The molecule has 0 bridgehead atoms. The Bertz CT molecular complexity index is 664. The second-order valence-electron chi connectivity index (χ2n) is 4.55. The van der Waals surface area contributed by atoms with Gasteiger partial charge in [0.05, 0.1) is 14.5 Å². The molecule has 0 aliphatic heterocycles. The largest absolute Gasteiger partial charge is 0.313 e. The average Bonchev–Trinajstić information content (AvgIpc) is 2.46. The molecule has 0 saturated carbocycles. The van der Waals surface area contributed by atoms with Crippen LogP contribution in [0.15, 0.2) is 34.8 Å². The number of rotatable bonds is 4. The van der Waals surface area contributed by atoms with Gasteiger partial charge in [-0.2, -0.15) is 0 Å². The van der Waals surface area contributed by atoms with Crippen molar-refractivity contribution >= 4 is 39.1 Å². The Hall–Kier alpha value is -0.680. The summed E-state index contributed by atoms with van der Waals surface area (Å²) in [5.74, 6) is -1.19. The van der Waals surface area contributed by atoms with Crippen LogP contribution in [0.25, 0.3) is 0 Å². The standard InChI is InChI=1S/C15H12BrCl2F2N/c1-21-13(7-8-2-4-10(17)11(18)6-8)14-12(19)5-3-9(16)15(14)20/h2-6,13,21H,7H2,1H3. The van der Waals surface area contributed by atoms with Gasteiger partial charge in [-0.25, -0.2) is 8.78 Å². The first-order chi connectivity index (χ1) is 9.93. The Labute approximate surface area is 140 Å². The van der Waals surface area contributed by atoms with E-state index in [0.717, 1.165) is 5.56 Å². The molecule has 1 unspecified atom stereocenters. The molecule has 6 heteroatoms. The molecule has 0 saturated heterocycles. The van der Waals surface area contributed by atoms with Crippen LogP contribution in [0, 0.1) is 11.6 Å². The van der Waals surface area contributed by atoms with E-state index in [4.69, 9.17) is 23.2 Å². The molecule has 0 aliphatic carbocycles. The summed E-state index contributed by atoms with van der Waals surface area (Å²) in [5, 5.41) is 3.79. The van der Waals surface area contributed by atoms with Crippen molar-refractivity contribution in [2.24, 2.45) is 0 Å². The molecule has 112 valence electrons. The fourth-order valence-corrected chi connectivity index (χ4v) is 2.78. The number of hydrogen-bond donors (Lipinski definition) is 1. The Morgan fingerprint density at radius 1 is 1.14 bits per heavy atom. The van der Waals surface area contributed by atoms with E-state index in [1.54, 1.807) is 25.2 Å². The van der Waals surface area contributed by atoms with Gasteiger partial charge in [0, 0.05) is 11.6 Å². The van der Waals surface area contributed by atoms with E-state index in [1.807, 2.05) is 0 Å². The summed E-state index contributed by atoms with van der Waals surface area (Å²) in [6, 6.07) is 7.22. The monoisotopic (exact) mass is 393 g/mol. The Balaban J connectivity index is 2.36. The Kier molecular flexibility index (Phi) is 5.60. The molecular weight excluding hydrogens is 383 g/mol. The topological polar surface area (TPSA) is 12.0 Å². The molecule has 1 atom stereocenters. The number of benzene rings is 2. The van der Waals surface area contributed by atoms with Crippen molar-refractivity contribution in [2.75, 3.05) is 7.05 Å². The van der Waals surface area contributed by atoms with Gasteiger partial charge in [-0.15, -0.1) is 0 Å². The SMILES string of the molecule is CNC(Cc1ccc(Cl)c(Cl)c1)c1c(F)ccc(Br)c1F. The maximum absolute atomic E-state index is 14.2. The second kappa shape index (κ2) is 7.05. The zero-order valence-electron chi connectivity index (χ0n) is 11.1. The summed E-state index contributed by atoms with van der Waals surface area (Å²) in [6.45, 7) is 0. The Morgan fingerprint density at radius 2 is 1.86 bits per heavy atom. The van der Waals surface area contributed by atoms with E-state index >= 15 is 0 Å². The third-order valence-electron chi connectivity index (χ3n) is 3.20. The molecule has 0 amide bonds. The molecule has 0 aromatic heterocycles. The lowest BCUT2D eigenvalue weighted by molar-refractivity contribution is 0.487. The fraction of sp³-hybridized carbons (Fsp3) is 0.200. The number of halogens is 5. The van der Waals surface area contributed by atoms with Crippen molar-refractivity contribution < 1.29 is 8.78 Å². The van der Waals surface area contributed by atoms with Gasteiger partial charge in [0.1, 0.15) is 11.6 Å². The molecule has 21 heavy (non-hydrogen) atoms. The van der Waals surface area contributed by atoms with Crippen LogP contribution in [-0.2, 0) is 6.42 Å². The van der Waals surface area contributed by atoms with Crippen LogP contribution < -0.4 is 5.32 Å². The van der Waals surface area contributed by atoms with E-state index in [0.29, 0.717) is 16.5 Å². The molecule has 1 nitrogen and oxygen atoms in total. The summed E-state index contributed by atoms with van der Waals surface area (Å²) < 4.78 is 28.4. The first-order valence-corrected chi connectivity index (χ1v) is 7.73. The first-order valence-electron chi connectivity index (χ1n) is 6.18. The quantitative estimate of drug-likeness (QED) is 0.671. The average molecular weight is 395 g/mol. The minimum atomic E-state index is -0.602. The van der Waals surface area contributed by atoms with Crippen LogP contribution in [0.4, 0.5) is 8.78 Å². The van der Waals surface area contributed by atoms with Crippen molar-refractivity contribution in [3.8, 4) is 0 Å². The van der Waals surface area contributed by atoms with E-state index in [9.17, 15) is 8.78 Å². The van der Waals surface area contributed by atoms with Gasteiger partial charge in [-0.1, -0.05) is 29.3 Å². The van der Waals surface area contributed by atoms with Crippen molar-refractivity contribution in [2.45, 2.75) is 12.5 Å². The molecule has 0 aliphatic rings. The van der Waals surface area contributed by atoms with E-state index in [2.05, 4.69) is 21.2 Å². The highest BCUT2D eigenvalue weighted by Crippen LogP contribution is 2.30. The summed E-state index contributed by atoms with van der Waals surface area (Å²) in [7, 11) is 1.65. The molecule has 0 radical (unpaired) electrons. The molecule has 1 N–H and O–H groups in total. The highest BCUT2D eigenvalue weighted by molar-refractivity contribution is 9.10. The normalized spacial score (nSPS) is 12.5. The van der Waals surface area contributed by atoms with Gasteiger partial charge in [0.15, 0.2) is 0 Å². The Morgan fingerprint density at radius 3 is 2.48 bits per heavy atom. The molecule has 2 aromatic rings. The maximum atomic E-state index is 14.2. The summed E-state index contributed by atoms with van der Waals surface area (Å²) >= 11 is 14.9. The van der Waals surface area contributed by atoms with Gasteiger partial charge >= 0.3 is 0 Å². The molecule has 2 aromatic carbocycles. The van der Waals surface area contributed by atoms with E-state index in [-0.39, 0.29) is 10.0 Å². The maximum Gasteiger partial charge on any atom is 0.145 e. The second-order valence-corrected chi connectivity index (χ2v) is 6.22. The molecule has 0 spiro atoms. The number of likely N-dealkylation sites (N-methyl/N-ethyl adjacent to an activating group) is 1. The summed E-state index contributed by atoms with van der Waals surface area (Å²) in [4.78, 5) is 0. The molecule has 0 heterocycles. The zero-order valence-corrected chi connectivity index (χ0v) is 14.2. The van der Waals surface area contributed by atoms with Crippen LogP contribution in [-0.4, -0.2) is 7.05 Å². The van der Waals surface area contributed by atoms with E-state index in [1.165, 1.54) is 12.1 Å². The lowest BCUT2D eigenvalue weighted by Gasteiger charge is -2.19. The fourth-order valence-electron chi connectivity index (χ4n) is 2.11. The first kappa shape index (κ1) is 16.7. The van der Waals surface area contributed by atoms with Gasteiger partial charge in [0.2, 0.25) is 0 Å². The summed E-state index contributed by atoms with van der Waals surface area (Å²) in [6.07, 6.45) is 0.387. The van der Waals surface area contributed by atoms with Gasteiger partial charge < -0.3 is 5.32 Å². The van der Waals surface area contributed by atoms with Crippen molar-refractivity contribution in [3.05, 3.63) is 67.6 Å². The highest BCUT2D eigenvalue weighted by Gasteiger charge is 2.21. The highest BCUT2D eigenvalue weighted by atomic mass is 79.9. The van der Waals surface area contributed by atoms with Crippen LogP contribution in [0.1, 0.15) is 17.2 Å². The van der Waals surface area contributed by atoms with Gasteiger partial charge in [-0.05, 0) is 59.2 Å². The summed E-state index contributed by atoms with van der Waals surface area (Å²) in [5.41, 5.74) is 0.834. The predicted octanol–water partition coefficient (Wildman–Crippen LogP) is 5.54. The molecule has 2 rings (SSSR count). The van der Waals surface area contributed by atoms with E-state index < -0.39 is 17.7 Å². The zero-order chi connectivity index (χ0) is 15.6. The minimum absolute atomic E-state index is 0.00190. The number of nitrogens with one attached hydrogen (secondary N) is 1. The smallest absolute Gasteiger partial charge is 0.145 e. The minimum Gasteiger partial charge on any atom is -0.313 e. The lowest BCUT2D eigenvalue weighted by atomic mass is 9.98. The van der Waals surface area contributed by atoms with Crippen LogP contribution in [0.5, 0.6) is 0 Å². The van der Waals surface area contributed by atoms with Crippen LogP contribution >= 0.6 is 39.1 Å². The van der Waals surface area contributed by atoms with Gasteiger partial charge in [-0.3, -0.25) is 0 Å². The predicted molar refractivity (Wildman–Crippen MR) is 86.0 cm³/mol. The van der Waals surface area contributed by atoms with Crippen molar-refractivity contribution in [1.82, 2.24) is 5.32 Å². The molecule has 0 fully saturated rings. The third-order valence-corrected chi connectivity index (χ3v) is 4.55.